The van der Waals surface area contributed by atoms with Gasteiger partial charge in [0.1, 0.15) is 16.8 Å². The van der Waals surface area contributed by atoms with Gasteiger partial charge in [-0.15, -0.1) is 11.3 Å². The van der Waals surface area contributed by atoms with E-state index in [1.54, 1.807) is 35.8 Å². The minimum Gasteiger partial charge on any atom is -0.465 e. The Kier molecular flexibility index (Phi) is 4.82. The summed E-state index contributed by atoms with van der Waals surface area (Å²) in [5, 5.41) is 13.1. The fraction of sp³-hybridized carbons (Fsp3) is 0.400. The van der Waals surface area contributed by atoms with Gasteiger partial charge in [-0.1, -0.05) is 20.8 Å². The minimum atomic E-state index is -0.251. The van der Waals surface area contributed by atoms with Crippen molar-refractivity contribution >= 4 is 28.3 Å². The lowest BCUT2D eigenvalue weighted by Gasteiger charge is -2.33. The summed E-state index contributed by atoms with van der Waals surface area (Å²) in [6.07, 6.45) is 7.59. The van der Waals surface area contributed by atoms with Gasteiger partial charge in [-0.25, -0.2) is 0 Å². The molecule has 3 rings (SSSR count). The van der Waals surface area contributed by atoms with Crippen LogP contribution in [-0.4, -0.2) is 5.91 Å². The summed E-state index contributed by atoms with van der Waals surface area (Å²) in [6, 6.07) is 5.83. The molecule has 0 aliphatic heterocycles. The van der Waals surface area contributed by atoms with E-state index < -0.39 is 0 Å². The molecule has 0 fully saturated rings. The Morgan fingerprint density at radius 3 is 2.92 bits per heavy atom. The molecule has 1 aliphatic carbocycles. The van der Waals surface area contributed by atoms with Crippen LogP contribution < -0.4 is 5.32 Å². The lowest BCUT2D eigenvalue weighted by atomic mass is 9.72. The normalized spacial score (nSPS) is 17.3. The molecule has 0 radical (unpaired) electrons. The highest BCUT2D eigenvalue weighted by atomic mass is 32.1. The molecule has 1 N–H and O–H groups in total. The van der Waals surface area contributed by atoms with E-state index in [9.17, 15) is 10.1 Å². The number of fused-ring (bicyclic) bond motifs is 1. The number of hydrogen-bond acceptors (Lipinski definition) is 4. The zero-order chi connectivity index (χ0) is 18.0. The Balaban J connectivity index is 1.78. The molecule has 4 nitrogen and oxygen atoms in total. The molecule has 0 bridgehead atoms. The van der Waals surface area contributed by atoms with E-state index in [4.69, 9.17) is 4.42 Å². The summed E-state index contributed by atoms with van der Waals surface area (Å²) in [7, 11) is 0. The highest BCUT2D eigenvalue weighted by molar-refractivity contribution is 7.16. The van der Waals surface area contributed by atoms with Crippen molar-refractivity contribution in [1.29, 1.82) is 5.26 Å². The molecule has 5 heteroatoms. The minimum absolute atomic E-state index is 0.251. The molecule has 1 atom stereocenters. The highest BCUT2D eigenvalue weighted by Crippen LogP contribution is 2.43. The van der Waals surface area contributed by atoms with Gasteiger partial charge in [-0.2, -0.15) is 5.26 Å². The third-order valence-corrected chi connectivity index (χ3v) is 5.95. The molecule has 0 saturated heterocycles. The van der Waals surface area contributed by atoms with Crippen molar-refractivity contribution in [1.82, 2.24) is 0 Å². The number of hydrogen-bond donors (Lipinski definition) is 1. The smallest absolute Gasteiger partial charge is 0.249 e. The van der Waals surface area contributed by atoms with Crippen LogP contribution in [-0.2, 0) is 17.6 Å². The van der Waals surface area contributed by atoms with E-state index in [1.165, 1.54) is 11.0 Å². The van der Waals surface area contributed by atoms with Crippen molar-refractivity contribution in [3.8, 4) is 6.07 Å². The number of carbonyl (C=O) groups is 1. The maximum Gasteiger partial charge on any atom is 0.249 e. The van der Waals surface area contributed by atoms with Crippen molar-refractivity contribution < 1.29 is 9.21 Å². The maximum absolute atomic E-state index is 12.2. The number of furan rings is 1. The molecule has 130 valence electrons. The van der Waals surface area contributed by atoms with E-state index in [0.29, 0.717) is 22.2 Å². The first-order chi connectivity index (χ1) is 11.9. The van der Waals surface area contributed by atoms with E-state index in [2.05, 4.69) is 32.2 Å². The van der Waals surface area contributed by atoms with Crippen LogP contribution in [0, 0.1) is 22.7 Å². The van der Waals surface area contributed by atoms with Crippen LogP contribution in [0.2, 0.25) is 0 Å². The fourth-order valence-electron chi connectivity index (χ4n) is 3.23. The Morgan fingerprint density at radius 1 is 1.48 bits per heavy atom. The maximum atomic E-state index is 12.2. The van der Waals surface area contributed by atoms with Crippen molar-refractivity contribution in [2.45, 2.75) is 40.0 Å². The van der Waals surface area contributed by atoms with Crippen LogP contribution in [0.4, 0.5) is 5.00 Å². The number of amides is 1. The summed E-state index contributed by atoms with van der Waals surface area (Å²) >= 11 is 1.55. The Morgan fingerprint density at radius 2 is 2.28 bits per heavy atom. The summed E-state index contributed by atoms with van der Waals surface area (Å²) in [6.45, 7) is 6.80. The van der Waals surface area contributed by atoms with Crippen molar-refractivity contribution in [3.05, 3.63) is 46.2 Å². The zero-order valence-electron chi connectivity index (χ0n) is 14.8. The molecule has 2 heterocycles. The fourth-order valence-corrected chi connectivity index (χ4v) is 4.51. The monoisotopic (exact) mass is 354 g/mol. The van der Waals surface area contributed by atoms with Crippen LogP contribution >= 0.6 is 11.3 Å². The zero-order valence-corrected chi connectivity index (χ0v) is 15.6. The molecule has 1 aliphatic rings. The van der Waals surface area contributed by atoms with Crippen LogP contribution in [0.1, 0.15) is 49.0 Å². The number of nitrogens with zero attached hydrogens (tertiary/aromatic N) is 1. The standard InChI is InChI=1S/C20H22N2O2S/c1-20(2,3)13-6-8-15-16(12-21)19(25-17(15)11-13)22-18(23)9-7-14-5-4-10-24-14/h4-5,7,9-10,13H,6,8,11H2,1-3H3,(H,22,23). The predicted molar refractivity (Wildman–Crippen MR) is 100 cm³/mol. The number of thiophene rings is 1. The predicted octanol–water partition coefficient (Wildman–Crippen LogP) is 5.02. The van der Waals surface area contributed by atoms with Gasteiger partial charge in [-0.3, -0.25) is 4.79 Å². The molecule has 2 aromatic rings. The van der Waals surface area contributed by atoms with Gasteiger partial charge in [0.05, 0.1) is 11.8 Å². The molecule has 1 amide bonds. The van der Waals surface area contributed by atoms with Crippen molar-refractivity contribution in [2.24, 2.45) is 11.3 Å². The molecule has 2 aromatic heterocycles. The average molecular weight is 354 g/mol. The van der Waals surface area contributed by atoms with Gasteiger partial charge < -0.3 is 9.73 Å². The van der Waals surface area contributed by atoms with Gasteiger partial charge in [-0.05, 0) is 54.4 Å². The molecular weight excluding hydrogens is 332 g/mol. The average Bonchev–Trinajstić information content (AvgIpc) is 3.18. The third-order valence-electron chi connectivity index (χ3n) is 4.78. The first kappa shape index (κ1) is 17.5. The second-order valence-corrected chi connectivity index (χ2v) is 8.57. The van der Waals surface area contributed by atoms with Crippen LogP contribution in [0.15, 0.2) is 28.9 Å². The molecule has 0 spiro atoms. The quantitative estimate of drug-likeness (QED) is 0.787. The topological polar surface area (TPSA) is 66.0 Å². The Hall–Kier alpha value is -2.32. The SMILES string of the molecule is CC(C)(C)C1CCc2c(sc(NC(=O)C=Cc3ccco3)c2C#N)C1. The van der Waals surface area contributed by atoms with Crippen LogP contribution in [0.25, 0.3) is 6.08 Å². The lowest BCUT2D eigenvalue weighted by molar-refractivity contribution is -0.111. The van der Waals surface area contributed by atoms with Crippen LogP contribution in [0.5, 0.6) is 0 Å². The number of carbonyl (C=O) groups excluding carboxylic acids is 1. The third kappa shape index (κ3) is 3.85. The summed E-state index contributed by atoms with van der Waals surface area (Å²) < 4.78 is 5.17. The summed E-state index contributed by atoms with van der Waals surface area (Å²) in [4.78, 5) is 13.4. The van der Waals surface area contributed by atoms with Gasteiger partial charge in [0.2, 0.25) is 5.91 Å². The number of anilines is 1. The van der Waals surface area contributed by atoms with E-state index >= 15 is 0 Å². The number of nitriles is 1. The van der Waals surface area contributed by atoms with Gasteiger partial charge in [0, 0.05) is 11.0 Å². The highest BCUT2D eigenvalue weighted by Gasteiger charge is 2.32. The largest absolute Gasteiger partial charge is 0.465 e. The van der Waals surface area contributed by atoms with Crippen LogP contribution in [0.3, 0.4) is 0 Å². The van der Waals surface area contributed by atoms with Gasteiger partial charge in [0.25, 0.3) is 0 Å². The van der Waals surface area contributed by atoms with Crippen molar-refractivity contribution in [2.75, 3.05) is 5.32 Å². The molecule has 0 saturated carbocycles. The summed E-state index contributed by atoms with van der Waals surface area (Å²) in [5.41, 5.74) is 2.01. The van der Waals surface area contributed by atoms with E-state index in [0.717, 1.165) is 24.8 Å². The second-order valence-electron chi connectivity index (χ2n) is 7.46. The summed E-state index contributed by atoms with van der Waals surface area (Å²) in [5.74, 6) is 0.973. The molecule has 25 heavy (non-hydrogen) atoms. The van der Waals surface area contributed by atoms with Gasteiger partial charge >= 0.3 is 0 Å². The number of nitrogens with one attached hydrogen (secondary N) is 1. The first-order valence-electron chi connectivity index (χ1n) is 8.45. The Labute approximate surface area is 152 Å². The van der Waals surface area contributed by atoms with Crippen molar-refractivity contribution in [3.63, 3.8) is 0 Å². The molecule has 1 unspecified atom stereocenters. The molecular formula is C20H22N2O2S. The second kappa shape index (κ2) is 6.89. The van der Waals surface area contributed by atoms with Gasteiger partial charge in [0.15, 0.2) is 0 Å². The first-order valence-corrected chi connectivity index (χ1v) is 9.27. The Bertz CT molecular complexity index is 832. The molecule has 0 aromatic carbocycles. The van der Waals surface area contributed by atoms with E-state index in [1.807, 2.05) is 0 Å². The van der Waals surface area contributed by atoms with E-state index in [-0.39, 0.29) is 11.3 Å². The number of rotatable bonds is 3. The lowest BCUT2D eigenvalue weighted by Crippen LogP contribution is -2.26.